The first-order valence-corrected chi connectivity index (χ1v) is 9.63. The molecule has 2 aromatic carbocycles. The molecule has 0 aromatic heterocycles. The molecule has 0 aliphatic carbocycles. The maximum Gasteiger partial charge on any atom is 0.387 e. The third kappa shape index (κ3) is 6.87. The van der Waals surface area contributed by atoms with E-state index in [0.717, 1.165) is 38.3 Å². The molecule has 1 saturated heterocycles. The van der Waals surface area contributed by atoms with E-state index in [0.29, 0.717) is 6.54 Å². The summed E-state index contributed by atoms with van der Waals surface area (Å²) < 4.78 is 28.6. The van der Waals surface area contributed by atoms with Crippen LogP contribution in [0.3, 0.4) is 0 Å². The number of nitrogens with one attached hydrogen (secondary N) is 1. The van der Waals surface area contributed by atoms with Crippen LogP contribution in [0, 0.1) is 0 Å². The van der Waals surface area contributed by atoms with Gasteiger partial charge in [0.15, 0.2) is 0 Å². The first kappa shape index (κ1) is 20.8. The summed E-state index contributed by atoms with van der Waals surface area (Å²) in [7, 11) is 0. The average Bonchev–Trinajstić information content (AvgIpc) is 2.74. The Bertz CT molecular complexity index is 789. The maximum atomic E-state index is 12.1. The van der Waals surface area contributed by atoms with Crippen LogP contribution in [0.5, 0.6) is 5.75 Å². The SMILES string of the molecule is O=C(/C=C/c1ccc(OC(F)F)cc1)NCCN1CCN(c2ccccc2)CC1. The number of halogens is 2. The Morgan fingerprint density at radius 2 is 1.72 bits per heavy atom. The number of para-hydroxylation sites is 1. The van der Waals surface area contributed by atoms with Crippen molar-refractivity contribution in [2.75, 3.05) is 44.2 Å². The summed E-state index contributed by atoms with van der Waals surface area (Å²) in [4.78, 5) is 16.7. The zero-order valence-corrected chi connectivity index (χ0v) is 16.1. The van der Waals surface area contributed by atoms with E-state index < -0.39 is 6.61 Å². The number of benzene rings is 2. The summed E-state index contributed by atoms with van der Waals surface area (Å²) in [5, 5.41) is 2.88. The van der Waals surface area contributed by atoms with Gasteiger partial charge < -0.3 is 15.0 Å². The second kappa shape index (κ2) is 10.6. The lowest BCUT2D eigenvalue weighted by molar-refractivity contribution is -0.116. The standard InChI is InChI=1S/C22H25F2N3O2/c23-22(24)29-20-9-6-18(7-10-20)8-11-21(28)25-12-13-26-14-16-27(17-15-26)19-4-2-1-3-5-19/h1-11,22H,12-17H2,(H,25,28)/b11-8+. The summed E-state index contributed by atoms with van der Waals surface area (Å²) in [5.41, 5.74) is 1.98. The Kier molecular flexibility index (Phi) is 7.58. The zero-order chi connectivity index (χ0) is 20.5. The van der Waals surface area contributed by atoms with Gasteiger partial charge in [-0.2, -0.15) is 8.78 Å². The second-order valence-electron chi connectivity index (χ2n) is 6.74. The lowest BCUT2D eigenvalue weighted by atomic mass is 10.2. The number of carbonyl (C=O) groups excluding carboxylic acids is 1. The van der Waals surface area contributed by atoms with Crippen molar-refractivity contribution in [3.05, 3.63) is 66.2 Å². The van der Waals surface area contributed by atoms with Crippen molar-refractivity contribution in [3.63, 3.8) is 0 Å². The van der Waals surface area contributed by atoms with Gasteiger partial charge in [0, 0.05) is 51.0 Å². The monoisotopic (exact) mass is 401 g/mol. The van der Waals surface area contributed by atoms with Crippen molar-refractivity contribution < 1.29 is 18.3 Å². The summed E-state index contributed by atoms with van der Waals surface area (Å²) in [6.45, 7) is 2.42. The van der Waals surface area contributed by atoms with Crippen LogP contribution < -0.4 is 15.0 Å². The number of rotatable bonds is 8. The Balaban J connectivity index is 1.34. The molecule has 29 heavy (non-hydrogen) atoms. The molecule has 0 unspecified atom stereocenters. The van der Waals surface area contributed by atoms with E-state index in [2.05, 4.69) is 44.1 Å². The third-order valence-electron chi connectivity index (χ3n) is 4.75. The molecule has 3 rings (SSSR count). The smallest absolute Gasteiger partial charge is 0.387 e. The first-order valence-electron chi connectivity index (χ1n) is 9.63. The van der Waals surface area contributed by atoms with E-state index in [1.165, 1.54) is 23.9 Å². The molecular weight excluding hydrogens is 376 g/mol. The van der Waals surface area contributed by atoms with Crippen molar-refractivity contribution in [2.45, 2.75) is 6.61 Å². The molecule has 2 aromatic rings. The minimum absolute atomic E-state index is 0.0916. The number of nitrogens with zero attached hydrogens (tertiary/aromatic N) is 2. The molecule has 1 aliphatic rings. The maximum absolute atomic E-state index is 12.1. The lowest BCUT2D eigenvalue weighted by Crippen LogP contribution is -2.48. The number of amides is 1. The van der Waals surface area contributed by atoms with Crippen molar-refractivity contribution in [1.82, 2.24) is 10.2 Å². The van der Waals surface area contributed by atoms with Crippen LogP contribution in [0.2, 0.25) is 0 Å². The van der Waals surface area contributed by atoms with Crippen LogP contribution in [-0.4, -0.2) is 56.7 Å². The van der Waals surface area contributed by atoms with Gasteiger partial charge in [-0.05, 0) is 35.9 Å². The molecule has 7 heteroatoms. The van der Waals surface area contributed by atoms with Crippen LogP contribution in [0.15, 0.2) is 60.7 Å². The molecule has 0 spiro atoms. The third-order valence-corrected chi connectivity index (χ3v) is 4.75. The van der Waals surface area contributed by atoms with Crippen LogP contribution in [0.25, 0.3) is 6.08 Å². The van der Waals surface area contributed by atoms with Gasteiger partial charge in [-0.3, -0.25) is 9.69 Å². The molecule has 1 aliphatic heterocycles. The number of anilines is 1. The summed E-state index contributed by atoms with van der Waals surface area (Å²) >= 11 is 0. The number of hydrogen-bond acceptors (Lipinski definition) is 4. The minimum atomic E-state index is -2.84. The largest absolute Gasteiger partial charge is 0.435 e. The van der Waals surface area contributed by atoms with Crippen molar-refractivity contribution in [1.29, 1.82) is 0 Å². The number of piperazine rings is 1. The van der Waals surface area contributed by atoms with E-state index in [4.69, 9.17) is 0 Å². The van der Waals surface area contributed by atoms with Gasteiger partial charge in [-0.25, -0.2) is 0 Å². The highest BCUT2D eigenvalue weighted by Crippen LogP contribution is 2.16. The highest BCUT2D eigenvalue weighted by molar-refractivity contribution is 5.91. The van der Waals surface area contributed by atoms with Gasteiger partial charge in [0.2, 0.25) is 5.91 Å². The van der Waals surface area contributed by atoms with Gasteiger partial charge in [0.1, 0.15) is 5.75 Å². The van der Waals surface area contributed by atoms with Crippen LogP contribution >= 0.6 is 0 Å². The van der Waals surface area contributed by atoms with Gasteiger partial charge in [0.05, 0.1) is 0 Å². The fourth-order valence-electron chi connectivity index (χ4n) is 3.20. The number of carbonyl (C=O) groups is 1. The molecule has 1 fully saturated rings. The molecule has 0 atom stereocenters. The Hall–Kier alpha value is -2.93. The fourth-order valence-corrected chi connectivity index (χ4v) is 3.20. The minimum Gasteiger partial charge on any atom is -0.435 e. The molecule has 154 valence electrons. The normalized spacial score (nSPS) is 15.1. The second-order valence-corrected chi connectivity index (χ2v) is 6.74. The van der Waals surface area contributed by atoms with E-state index in [9.17, 15) is 13.6 Å². The Morgan fingerprint density at radius 3 is 2.38 bits per heavy atom. The average molecular weight is 401 g/mol. The number of ether oxygens (including phenoxy) is 1. The predicted octanol–water partition coefficient (Wildman–Crippen LogP) is 3.24. The zero-order valence-electron chi connectivity index (χ0n) is 16.1. The van der Waals surface area contributed by atoms with Gasteiger partial charge in [0.25, 0.3) is 0 Å². The Labute approximate surface area is 169 Å². The molecule has 0 saturated carbocycles. The fraction of sp³-hybridized carbons (Fsp3) is 0.318. The van der Waals surface area contributed by atoms with Gasteiger partial charge in [-0.1, -0.05) is 30.3 Å². The van der Waals surface area contributed by atoms with Crippen LogP contribution in [0.1, 0.15) is 5.56 Å². The number of hydrogen-bond donors (Lipinski definition) is 1. The van der Waals surface area contributed by atoms with Crippen LogP contribution in [0.4, 0.5) is 14.5 Å². The molecular formula is C22H25F2N3O2. The summed E-state index contributed by atoms with van der Waals surface area (Å²) in [6, 6.07) is 16.5. The number of alkyl halides is 2. The van der Waals surface area contributed by atoms with E-state index in [1.807, 2.05) is 6.07 Å². The highest BCUT2D eigenvalue weighted by atomic mass is 19.3. The van der Waals surface area contributed by atoms with Gasteiger partial charge >= 0.3 is 6.61 Å². The van der Waals surface area contributed by atoms with E-state index >= 15 is 0 Å². The molecule has 1 heterocycles. The molecule has 1 amide bonds. The topological polar surface area (TPSA) is 44.8 Å². The molecule has 0 radical (unpaired) electrons. The van der Waals surface area contributed by atoms with Gasteiger partial charge in [-0.15, -0.1) is 0 Å². The van der Waals surface area contributed by atoms with Crippen LogP contribution in [-0.2, 0) is 4.79 Å². The van der Waals surface area contributed by atoms with Crippen molar-refractivity contribution >= 4 is 17.7 Å². The summed E-state index contributed by atoms with van der Waals surface area (Å²) in [5.74, 6) is -0.0882. The first-order chi connectivity index (χ1) is 14.1. The highest BCUT2D eigenvalue weighted by Gasteiger charge is 2.16. The Morgan fingerprint density at radius 1 is 1.03 bits per heavy atom. The quantitative estimate of drug-likeness (QED) is 0.690. The molecule has 0 bridgehead atoms. The molecule has 5 nitrogen and oxygen atoms in total. The predicted molar refractivity (Wildman–Crippen MR) is 110 cm³/mol. The van der Waals surface area contributed by atoms with Crippen molar-refractivity contribution in [3.8, 4) is 5.75 Å². The summed E-state index contributed by atoms with van der Waals surface area (Å²) in [6.07, 6.45) is 3.08. The van der Waals surface area contributed by atoms with E-state index in [-0.39, 0.29) is 11.7 Å². The molecule has 1 N–H and O–H groups in total. The van der Waals surface area contributed by atoms with E-state index in [1.54, 1.807) is 18.2 Å². The van der Waals surface area contributed by atoms with Crippen molar-refractivity contribution in [2.24, 2.45) is 0 Å². The lowest BCUT2D eigenvalue weighted by Gasteiger charge is -2.36.